The standard InChI is InChI=1S/C13H19BrN2O2S.ClH/c1-9-5-6-11(14)8-13(9)19(17,18)16-12-4-3-7-15-10(12)2;/h5-6,8,10,12,15-16H,3-4,7H2,1-2H3;1H. The van der Waals surface area contributed by atoms with Crippen molar-refractivity contribution in [1.82, 2.24) is 10.0 Å². The summed E-state index contributed by atoms with van der Waals surface area (Å²) in [4.78, 5) is 0.347. The summed E-state index contributed by atoms with van der Waals surface area (Å²) >= 11 is 3.32. The Labute approximate surface area is 135 Å². The van der Waals surface area contributed by atoms with Gasteiger partial charge in [-0.1, -0.05) is 22.0 Å². The van der Waals surface area contributed by atoms with Crippen LogP contribution in [0.2, 0.25) is 0 Å². The zero-order valence-corrected chi connectivity index (χ0v) is 14.7. The Hall–Kier alpha value is -0.140. The van der Waals surface area contributed by atoms with Gasteiger partial charge in [0.15, 0.2) is 0 Å². The van der Waals surface area contributed by atoms with Crippen molar-refractivity contribution in [3.63, 3.8) is 0 Å². The summed E-state index contributed by atoms with van der Waals surface area (Å²) in [5.74, 6) is 0. The zero-order valence-electron chi connectivity index (χ0n) is 11.5. The van der Waals surface area contributed by atoms with Crippen LogP contribution in [0.3, 0.4) is 0 Å². The smallest absolute Gasteiger partial charge is 0.241 e. The van der Waals surface area contributed by atoms with Crippen LogP contribution in [0.1, 0.15) is 25.3 Å². The van der Waals surface area contributed by atoms with Crippen LogP contribution in [0.15, 0.2) is 27.6 Å². The lowest BCUT2D eigenvalue weighted by Crippen LogP contribution is -2.51. The van der Waals surface area contributed by atoms with Gasteiger partial charge in [0.1, 0.15) is 0 Å². The minimum absolute atomic E-state index is 0. The fourth-order valence-electron chi connectivity index (χ4n) is 2.33. The average molecular weight is 384 g/mol. The normalized spacial score (nSPS) is 23.1. The van der Waals surface area contributed by atoms with E-state index in [0.717, 1.165) is 29.4 Å². The SMILES string of the molecule is Cc1ccc(Br)cc1S(=O)(=O)NC1CCCNC1C.Cl. The molecular weight excluding hydrogens is 364 g/mol. The van der Waals surface area contributed by atoms with Gasteiger partial charge >= 0.3 is 0 Å². The largest absolute Gasteiger partial charge is 0.313 e. The highest BCUT2D eigenvalue weighted by atomic mass is 79.9. The van der Waals surface area contributed by atoms with Gasteiger partial charge in [0, 0.05) is 16.6 Å². The van der Waals surface area contributed by atoms with E-state index in [-0.39, 0.29) is 24.5 Å². The van der Waals surface area contributed by atoms with Crippen LogP contribution in [0.25, 0.3) is 0 Å². The first-order chi connectivity index (χ1) is 8.90. The van der Waals surface area contributed by atoms with Gasteiger partial charge < -0.3 is 5.32 Å². The minimum atomic E-state index is -3.47. The predicted octanol–water partition coefficient (Wildman–Crippen LogP) is 2.60. The van der Waals surface area contributed by atoms with Crippen LogP contribution in [0.5, 0.6) is 0 Å². The first-order valence-corrected chi connectivity index (χ1v) is 8.69. The molecule has 1 fully saturated rings. The van der Waals surface area contributed by atoms with Gasteiger partial charge in [0.2, 0.25) is 10.0 Å². The second-order valence-corrected chi connectivity index (χ2v) is 7.62. The first-order valence-electron chi connectivity index (χ1n) is 6.42. The molecule has 1 aromatic carbocycles. The second-order valence-electron chi connectivity index (χ2n) is 5.02. The van der Waals surface area contributed by atoms with Gasteiger partial charge in [-0.25, -0.2) is 13.1 Å². The van der Waals surface area contributed by atoms with Gasteiger partial charge in [-0.15, -0.1) is 12.4 Å². The number of aryl methyl sites for hydroxylation is 1. The van der Waals surface area contributed by atoms with Crippen molar-refractivity contribution in [2.24, 2.45) is 0 Å². The van der Waals surface area contributed by atoms with Crippen LogP contribution in [-0.2, 0) is 10.0 Å². The molecule has 1 aliphatic rings. The number of hydrogen-bond acceptors (Lipinski definition) is 3. The van der Waals surface area contributed by atoms with E-state index in [2.05, 4.69) is 26.0 Å². The van der Waals surface area contributed by atoms with E-state index >= 15 is 0 Å². The van der Waals surface area contributed by atoms with E-state index in [0.29, 0.717) is 4.90 Å². The fourth-order valence-corrected chi connectivity index (χ4v) is 4.47. The average Bonchev–Trinajstić information content (AvgIpc) is 2.35. The molecule has 2 unspecified atom stereocenters. The Balaban J connectivity index is 0.00000200. The molecule has 0 saturated carbocycles. The van der Waals surface area contributed by atoms with E-state index in [1.54, 1.807) is 12.1 Å². The third-order valence-corrected chi connectivity index (χ3v) is 5.63. The van der Waals surface area contributed by atoms with E-state index in [1.165, 1.54) is 0 Å². The van der Waals surface area contributed by atoms with Crippen molar-refractivity contribution in [3.05, 3.63) is 28.2 Å². The van der Waals surface area contributed by atoms with Crippen LogP contribution in [0.4, 0.5) is 0 Å². The van der Waals surface area contributed by atoms with Crippen LogP contribution < -0.4 is 10.0 Å². The molecule has 0 amide bonds. The lowest BCUT2D eigenvalue weighted by Gasteiger charge is -2.30. The van der Waals surface area contributed by atoms with Crippen molar-refractivity contribution < 1.29 is 8.42 Å². The monoisotopic (exact) mass is 382 g/mol. The molecule has 1 aromatic rings. The van der Waals surface area contributed by atoms with Crippen molar-refractivity contribution in [2.75, 3.05) is 6.54 Å². The molecule has 7 heteroatoms. The Bertz CT molecular complexity index is 565. The first kappa shape index (κ1) is 17.9. The number of piperidine rings is 1. The number of benzene rings is 1. The summed E-state index contributed by atoms with van der Waals surface area (Å²) in [5.41, 5.74) is 0.757. The van der Waals surface area contributed by atoms with Crippen LogP contribution in [-0.4, -0.2) is 27.0 Å². The molecule has 2 N–H and O–H groups in total. The summed E-state index contributed by atoms with van der Waals surface area (Å²) in [7, 11) is -3.47. The number of nitrogens with one attached hydrogen (secondary N) is 2. The lowest BCUT2D eigenvalue weighted by atomic mass is 10.0. The van der Waals surface area contributed by atoms with Crippen molar-refractivity contribution in [2.45, 2.75) is 43.7 Å². The molecule has 2 rings (SSSR count). The van der Waals surface area contributed by atoms with E-state index in [4.69, 9.17) is 0 Å². The summed E-state index contributed by atoms with van der Waals surface area (Å²) in [6.45, 7) is 4.78. The molecule has 1 aliphatic heterocycles. The Morgan fingerprint density at radius 3 is 2.75 bits per heavy atom. The molecule has 0 radical (unpaired) electrons. The van der Waals surface area contributed by atoms with Crippen LogP contribution in [0, 0.1) is 6.92 Å². The van der Waals surface area contributed by atoms with Gasteiger partial charge in [-0.05, 0) is 50.9 Å². The van der Waals surface area contributed by atoms with E-state index < -0.39 is 10.0 Å². The summed E-state index contributed by atoms with van der Waals surface area (Å²) in [5, 5.41) is 3.30. The van der Waals surface area contributed by atoms with Gasteiger partial charge in [-0.2, -0.15) is 0 Å². The zero-order chi connectivity index (χ0) is 14.0. The topological polar surface area (TPSA) is 58.2 Å². The molecular formula is C13H20BrClN2O2S. The molecule has 0 aliphatic carbocycles. The Kier molecular flexibility index (Phi) is 6.47. The van der Waals surface area contributed by atoms with Crippen molar-refractivity contribution in [1.29, 1.82) is 0 Å². The van der Waals surface area contributed by atoms with E-state index in [1.807, 2.05) is 19.9 Å². The number of rotatable bonds is 3. The van der Waals surface area contributed by atoms with Crippen molar-refractivity contribution >= 4 is 38.4 Å². The third kappa shape index (κ3) is 4.18. The summed E-state index contributed by atoms with van der Waals surface area (Å²) in [6, 6.07) is 5.42. The molecule has 0 aromatic heterocycles. The Morgan fingerprint density at radius 1 is 1.40 bits per heavy atom. The molecule has 1 saturated heterocycles. The molecule has 2 atom stereocenters. The highest BCUT2D eigenvalue weighted by molar-refractivity contribution is 9.10. The summed E-state index contributed by atoms with van der Waals surface area (Å²) in [6.07, 6.45) is 1.87. The molecule has 0 bridgehead atoms. The maximum Gasteiger partial charge on any atom is 0.241 e. The fraction of sp³-hybridized carbons (Fsp3) is 0.538. The van der Waals surface area contributed by atoms with Gasteiger partial charge in [0.05, 0.1) is 4.90 Å². The highest BCUT2D eigenvalue weighted by Crippen LogP contribution is 2.21. The summed E-state index contributed by atoms with van der Waals surface area (Å²) < 4.78 is 28.5. The molecule has 20 heavy (non-hydrogen) atoms. The molecule has 0 spiro atoms. The highest BCUT2D eigenvalue weighted by Gasteiger charge is 2.27. The molecule has 1 heterocycles. The Morgan fingerprint density at radius 2 is 2.10 bits per heavy atom. The quantitative estimate of drug-likeness (QED) is 0.843. The maximum atomic E-state index is 12.5. The minimum Gasteiger partial charge on any atom is -0.313 e. The van der Waals surface area contributed by atoms with E-state index in [9.17, 15) is 8.42 Å². The number of hydrogen-bond donors (Lipinski definition) is 2. The predicted molar refractivity (Wildman–Crippen MR) is 86.9 cm³/mol. The third-order valence-electron chi connectivity index (χ3n) is 3.51. The molecule has 4 nitrogen and oxygen atoms in total. The number of sulfonamides is 1. The van der Waals surface area contributed by atoms with Crippen molar-refractivity contribution in [3.8, 4) is 0 Å². The number of halogens is 2. The van der Waals surface area contributed by atoms with Gasteiger partial charge in [0.25, 0.3) is 0 Å². The lowest BCUT2D eigenvalue weighted by molar-refractivity contribution is 0.348. The maximum absolute atomic E-state index is 12.5. The molecule has 114 valence electrons. The van der Waals surface area contributed by atoms with Gasteiger partial charge in [-0.3, -0.25) is 0 Å². The second kappa shape index (κ2) is 7.22. The van der Waals surface area contributed by atoms with Crippen LogP contribution >= 0.6 is 28.3 Å².